The Balaban J connectivity index is 2.08. The zero-order chi connectivity index (χ0) is 15.0. The number of likely N-dealkylation sites (tertiary alicyclic amines) is 1. The molecule has 2 atom stereocenters. The van der Waals surface area contributed by atoms with Gasteiger partial charge in [0.2, 0.25) is 5.91 Å². The molecule has 2 aromatic carbocycles. The number of rotatable bonds is 3. The van der Waals surface area contributed by atoms with E-state index in [4.69, 9.17) is 0 Å². The number of carboxylic acids is 1. The van der Waals surface area contributed by atoms with Gasteiger partial charge in [0.25, 0.3) is 0 Å². The first-order valence-electron chi connectivity index (χ1n) is 7.12. The zero-order valence-electron chi connectivity index (χ0n) is 11.8. The van der Waals surface area contributed by atoms with Gasteiger partial charge in [-0.25, -0.2) is 0 Å². The Labute approximate surface area is 123 Å². The number of carboxylic acid groups (broad SMARTS) is 1. The Bertz CT molecular complexity index is 710. The predicted molar refractivity (Wildman–Crippen MR) is 79.8 cm³/mol. The molecule has 21 heavy (non-hydrogen) atoms. The molecule has 108 valence electrons. The van der Waals surface area contributed by atoms with Crippen LogP contribution in [0.25, 0.3) is 10.8 Å². The van der Waals surface area contributed by atoms with Gasteiger partial charge in [-0.15, -0.1) is 0 Å². The molecule has 0 spiro atoms. The van der Waals surface area contributed by atoms with Crippen LogP contribution in [0.5, 0.6) is 0 Å². The third-order valence-electron chi connectivity index (χ3n) is 4.20. The summed E-state index contributed by atoms with van der Waals surface area (Å²) < 4.78 is 0. The van der Waals surface area contributed by atoms with Gasteiger partial charge in [0, 0.05) is 13.0 Å². The van der Waals surface area contributed by atoms with Gasteiger partial charge in [0.05, 0.1) is 12.0 Å². The summed E-state index contributed by atoms with van der Waals surface area (Å²) in [6.07, 6.45) is 0.0840. The molecule has 0 aliphatic carbocycles. The summed E-state index contributed by atoms with van der Waals surface area (Å²) in [7, 11) is 0. The highest BCUT2D eigenvalue weighted by atomic mass is 16.4. The summed E-state index contributed by atoms with van der Waals surface area (Å²) in [5.74, 6) is -1.65. The fraction of sp³-hybridized carbons (Fsp3) is 0.294. The van der Waals surface area contributed by atoms with E-state index in [1.54, 1.807) is 4.90 Å². The third-order valence-corrected chi connectivity index (χ3v) is 4.20. The second kappa shape index (κ2) is 5.20. The standard InChI is InChI=1S/C17H17NO3/c1-2-18-15(19)10-14(17(20)21)16(18)13-8-7-11-5-3-4-6-12(11)9-13/h3-9,14,16H,2,10H2,1H3,(H,20,21). The van der Waals surface area contributed by atoms with Crippen LogP contribution in [-0.2, 0) is 9.59 Å². The fourth-order valence-corrected chi connectivity index (χ4v) is 3.19. The number of nitrogens with zero attached hydrogens (tertiary/aromatic N) is 1. The van der Waals surface area contributed by atoms with E-state index in [2.05, 4.69) is 0 Å². The molecule has 1 aliphatic rings. The molecule has 0 aromatic heterocycles. The van der Waals surface area contributed by atoms with Crippen molar-refractivity contribution >= 4 is 22.6 Å². The van der Waals surface area contributed by atoms with E-state index in [9.17, 15) is 14.7 Å². The van der Waals surface area contributed by atoms with E-state index in [1.807, 2.05) is 49.4 Å². The zero-order valence-corrected chi connectivity index (χ0v) is 11.8. The van der Waals surface area contributed by atoms with Gasteiger partial charge in [0.1, 0.15) is 0 Å². The van der Waals surface area contributed by atoms with Crippen LogP contribution < -0.4 is 0 Å². The van der Waals surface area contributed by atoms with Crippen LogP contribution in [0.3, 0.4) is 0 Å². The lowest BCUT2D eigenvalue weighted by atomic mass is 9.92. The quantitative estimate of drug-likeness (QED) is 0.942. The molecule has 1 heterocycles. The Kier molecular flexibility index (Phi) is 3.37. The summed E-state index contributed by atoms with van der Waals surface area (Å²) in [5.41, 5.74) is 0.897. The highest BCUT2D eigenvalue weighted by Gasteiger charge is 2.43. The Morgan fingerprint density at radius 2 is 1.95 bits per heavy atom. The van der Waals surface area contributed by atoms with E-state index in [0.29, 0.717) is 6.54 Å². The van der Waals surface area contributed by atoms with Crippen LogP contribution in [-0.4, -0.2) is 28.4 Å². The van der Waals surface area contributed by atoms with Crippen molar-refractivity contribution in [1.29, 1.82) is 0 Å². The van der Waals surface area contributed by atoms with Crippen LogP contribution >= 0.6 is 0 Å². The number of hydrogen-bond donors (Lipinski definition) is 1. The average molecular weight is 283 g/mol. The molecular formula is C17H17NO3. The number of amides is 1. The molecule has 2 unspecified atom stereocenters. The van der Waals surface area contributed by atoms with Crippen LogP contribution in [0.4, 0.5) is 0 Å². The van der Waals surface area contributed by atoms with Gasteiger partial charge in [-0.05, 0) is 29.3 Å². The predicted octanol–water partition coefficient (Wildman–Crippen LogP) is 2.83. The van der Waals surface area contributed by atoms with Gasteiger partial charge >= 0.3 is 5.97 Å². The molecule has 0 bridgehead atoms. The van der Waals surface area contributed by atoms with Crippen molar-refractivity contribution in [3.63, 3.8) is 0 Å². The highest BCUT2D eigenvalue weighted by molar-refractivity contribution is 5.88. The summed E-state index contributed by atoms with van der Waals surface area (Å²) in [6, 6.07) is 13.5. The van der Waals surface area contributed by atoms with Gasteiger partial charge in [0.15, 0.2) is 0 Å². The minimum absolute atomic E-state index is 0.0805. The van der Waals surface area contributed by atoms with Gasteiger partial charge < -0.3 is 10.0 Å². The van der Waals surface area contributed by atoms with Crippen molar-refractivity contribution in [3.8, 4) is 0 Å². The Morgan fingerprint density at radius 1 is 1.24 bits per heavy atom. The summed E-state index contributed by atoms with van der Waals surface area (Å²) in [4.78, 5) is 25.2. The van der Waals surface area contributed by atoms with E-state index in [-0.39, 0.29) is 18.4 Å². The SMILES string of the molecule is CCN1C(=O)CC(C(=O)O)C1c1ccc2ccccc2c1. The Morgan fingerprint density at radius 3 is 2.62 bits per heavy atom. The first-order chi connectivity index (χ1) is 10.1. The molecule has 1 N–H and O–H groups in total. The average Bonchev–Trinajstić information content (AvgIpc) is 2.83. The van der Waals surface area contributed by atoms with E-state index in [0.717, 1.165) is 16.3 Å². The number of benzene rings is 2. The molecule has 1 aliphatic heterocycles. The maximum atomic E-state index is 12.0. The minimum atomic E-state index is -0.905. The number of carbonyl (C=O) groups excluding carboxylic acids is 1. The van der Waals surface area contributed by atoms with Crippen molar-refractivity contribution in [3.05, 3.63) is 48.0 Å². The van der Waals surface area contributed by atoms with Crippen molar-refractivity contribution in [2.45, 2.75) is 19.4 Å². The molecule has 1 amide bonds. The highest BCUT2D eigenvalue weighted by Crippen LogP contribution is 2.38. The van der Waals surface area contributed by atoms with E-state index in [1.165, 1.54) is 0 Å². The van der Waals surface area contributed by atoms with Crippen LogP contribution in [0.2, 0.25) is 0 Å². The second-order valence-electron chi connectivity index (χ2n) is 5.38. The first-order valence-corrected chi connectivity index (χ1v) is 7.12. The first kappa shape index (κ1) is 13.6. The van der Waals surface area contributed by atoms with Gasteiger partial charge in [-0.1, -0.05) is 36.4 Å². The number of carbonyl (C=O) groups is 2. The Hall–Kier alpha value is -2.36. The molecule has 4 nitrogen and oxygen atoms in total. The molecule has 3 rings (SSSR count). The van der Waals surface area contributed by atoms with Gasteiger partial charge in [-0.3, -0.25) is 9.59 Å². The summed E-state index contributed by atoms with van der Waals surface area (Å²) in [5, 5.41) is 11.6. The van der Waals surface area contributed by atoms with Crippen molar-refractivity contribution < 1.29 is 14.7 Å². The van der Waals surface area contributed by atoms with Gasteiger partial charge in [-0.2, -0.15) is 0 Å². The number of hydrogen-bond acceptors (Lipinski definition) is 2. The lowest BCUT2D eigenvalue weighted by molar-refractivity contribution is -0.142. The number of fused-ring (bicyclic) bond motifs is 1. The summed E-state index contributed by atoms with van der Waals surface area (Å²) >= 11 is 0. The van der Waals surface area contributed by atoms with Crippen LogP contribution in [0.15, 0.2) is 42.5 Å². The molecule has 1 fully saturated rings. The normalized spacial score (nSPS) is 22.0. The third kappa shape index (κ3) is 2.27. The maximum absolute atomic E-state index is 12.0. The lowest BCUT2D eigenvalue weighted by Gasteiger charge is -2.26. The van der Waals surface area contributed by atoms with Crippen LogP contribution in [0, 0.1) is 5.92 Å². The monoisotopic (exact) mass is 283 g/mol. The van der Waals surface area contributed by atoms with E-state index < -0.39 is 11.9 Å². The molecular weight excluding hydrogens is 266 g/mol. The number of aliphatic carboxylic acids is 1. The van der Waals surface area contributed by atoms with Crippen molar-refractivity contribution in [2.24, 2.45) is 5.92 Å². The smallest absolute Gasteiger partial charge is 0.309 e. The maximum Gasteiger partial charge on any atom is 0.309 e. The topological polar surface area (TPSA) is 57.6 Å². The molecule has 4 heteroatoms. The van der Waals surface area contributed by atoms with E-state index >= 15 is 0 Å². The molecule has 1 saturated heterocycles. The largest absolute Gasteiger partial charge is 0.481 e. The fourth-order valence-electron chi connectivity index (χ4n) is 3.19. The van der Waals surface area contributed by atoms with Crippen molar-refractivity contribution in [2.75, 3.05) is 6.54 Å². The molecule has 0 radical (unpaired) electrons. The lowest BCUT2D eigenvalue weighted by Crippen LogP contribution is -2.30. The minimum Gasteiger partial charge on any atom is -0.481 e. The van der Waals surface area contributed by atoms with Crippen molar-refractivity contribution in [1.82, 2.24) is 4.90 Å². The molecule has 2 aromatic rings. The van der Waals surface area contributed by atoms with Crippen LogP contribution in [0.1, 0.15) is 24.9 Å². The summed E-state index contributed by atoms with van der Waals surface area (Å²) in [6.45, 7) is 2.41. The second-order valence-corrected chi connectivity index (χ2v) is 5.38. The molecule has 0 saturated carbocycles.